The van der Waals surface area contributed by atoms with Crippen LogP contribution in [0.5, 0.6) is 23.0 Å². The number of aryl methyl sites for hydroxylation is 2. The zero-order chi connectivity index (χ0) is 29.2. The Kier molecular flexibility index (Phi) is 7.38. The molecule has 0 fully saturated rings. The minimum Gasteiger partial charge on any atom is -0.454 e. The largest absolute Gasteiger partial charge is 0.454 e. The van der Waals surface area contributed by atoms with Gasteiger partial charge in [-0.1, -0.05) is 49.7 Å². The summed E-state index contributed by atoms with van der Waals surface area (Å²) in [5.74, 6) is 3.53. The van der Waals surface area contributed by atoms with E-state index in [1.807, 2.05) is 59.3 Å². The number of aromatic amines is 1. The lowest BCUT2D eigenvalue weighted by Gasteiger charge is -2.31. The van der Waals surface area contributed by atoms with E-state index in [2.05, 4.69) is 44.5 Å². The standard InChI is InChI=1S/C32H32N6O5/c1-2-6-26(31-34-35-36-38(31)12-11-21-7-4-3-5-8-21)37(17-22-9-10-27-28(13-22)41-19-40-27)18-24-14-23-15-29-30(43-20-42-29)16-25(23)33-32(24)39/h3-5,7-10,13-16,26H,2,6,11-12,17-20H2,1H3,(H,33,39)/t26-/m0/s1. The fourth-order valence-corrected chi connectivity index (χ4v) is 5.77. The third kappa shape index (κ3) is 5.63. The molecule has 2 aliphatic rings. The molecule has 0 radical (unpaired) electrons. The van der Waals surface area contributed by atoms with Gasteiger partial charge in [0.05, 0.1) is 11.6 Å². The third-order valence-electron chi connectivity index (χ3n) is 7.93. The number of rotatable bonds is 11. The van der Waals surface area contributed by atoms with E-state index in [-0.39, 0.29) is 25.2 Å². The van der Waals surface area contributed by atoms with Gasteiger partial charge in [-0.25, -0.2) is 4.68 Å². The number of benzene rings is 3. The Balaban J connectivity index is 1.24. The Morgan fingerprint density at radius 3 is 2.47 bits per heavy atom. The summed E-state index contributed by atoms with van der Waals surface area (Å²) >= 11 is 0. The van der Waals surface area contributed by atoms with Gasteiger partial charge in [0.15, 0.2) is 28.8 Å². The molecule has 43 heavy (non-hydrogen) atoms. The lowest BCUT2D eigenvalue weighted by molar-refractivity contribution is 0.155. The molecule has 0 aliphatic carbocycles. The highest BCUT2D eigenvalue weighted by molar-refractivity contribution is 5.83. The summed E-state index contributed by atoms with van der Waals surface area (Å²) < 4.78 is 24.2. The van der Waals surface area contributed by atoms with Crippen LogP contribution in [0.25, 0.3) is 10.9 Å². The number of nitrogens with zero attached hydrogens (tertiary/aromatic N) is 5. The van der Waals surface area contributed by atoms with Crippen molar-refractivity contribution in [2.45, 2.75) is 51.9 Å². The molecule has 0 spiro atoms. The van der Waals surface area contributed by atoms with Gasteiger partial charge in [-0.2, -0.15) is 0 Å². The topological polar surface area (TPSA) is 117 Å². The van der Waals surface area contributed by atoms with E-state index in [4.69, 9.17) is 18.9 Å². The monoisotopic (exact) mass is 580 g/mol. The quantitative estimate of drug-likeness (QED) is 0.236. The fraction of sp³-hybridized carbons (Fsp3) is 0.312. The number of tetrazole rings is 1. The molecule has 220 valence electrons. The molecule has 1 N–H and O–H groups in total. The number of ether oxygens (including phenoxy) is 4. The van der Waals surface area contributed by atoms with E-state index in [0.717, 1.165) is 47.5 Å². The highest BCUT2D eigenvalue weighted by Gasteiger charge is 2.28. The van der Waals surface area contributed by atoms with Gasteiger partial charge >= 0.3 is 0 Å². The first-order valence-electron chi connectivity index (χ1n) is 14.5. The Morgan fingerprint density at radius 1 is 0.884 bits per heavy atom. The van der Waals surface area contributed by atoms with Crippen molar-refractivity contribution in [2.24, 2.45) is 0 Å². The van der Waals surface area contributed by atoms with E-state index < -0.39 is 0 Å². The van der Waals surface area contributed by atoms with E-state index in [1.54, 1.807) is 0 Å². The highest BCUT2D eigenvalue weighted by atomic mass is 16.7. The Labute approximate surface area is 248 Å². The molecule has 1 atom stereocenters. The molecule has 5 aromatic rings. The summed E-state index contributed by atoms with van der Waals surface area (Å²) in [6.07, 6.45) is 2.52. The predicted molar refractivity (Wildman–Crippen MR) is 158 cm³/mol. The first-order valence-corrected chi connectivity index (χ1v) is 14.5. The van der Waals surface area contributed by atoms with Crippen molar-refractivity contribution >= 4 is 10.9 Å². The first-order chi connectivity index (χ1) is 21.1. The lowest BCUT2D eigenvalue weighted by atomic mass is 10.0. The third-order valence-corrected chi connectivity index (χ3v) is 7.93. The van der Waals surface area contributed by atoms with Gasteiger partial charge in [0.1, 0.15) is 0 Å². The molecule has 11 heteroatoms. The normalized spacial score (nSPS) is 14.1. The summed E-state index contributed by atoms with van der Waals surface area (Å²) in [5, 5.41) is 13.8. The average molecular weight is 581 g/mol. The smallest absolute Gasteiger partial charge is 0.252 e. The lowest BCUT2D eigenvalue weighted by Crippen LogP contribution is -2.32. The van der Waals surface area contributed by atoms with Crippen molar-refractivity contribution in [1.82, 2.24) is 30.1 Å². The van der Waals surface area contributed by atoms with E-state index in [0.29, 0.717) is 42.2 Å². The van der Waals surface area contributed by atoms with Crippen LogP contribution in [-0.4, -0.2) is 43.7 Å². The molecule has 11 nitrogen and oxygen atoms in total. The number of H-pyrrole nitrogens is 1. The van der Waals surface area contributed by atoms with Gasteiger partial charge in [-0.05, 0) is 58.7 Å². The van der Waals surface area contributed by atoms with Crippen LogP contribution in [0.15, 0.2) is 71.5 Å². The van der Waals surface area contributed by atoms with Crippen molar-refractivity contribution in [2.75, 3.05) is 13.6 Å². The summed E-state index contributed by atoms with van der Waals surface area (Å²) in [5.41, 5.74) is 3.44. The number of hydrogen-bond donors (Lipinski definition) is 1. The summed E-state index contributed by atoms with van der Waals surface area (Å²) in [4.78, 5) is 18.8. The minimum atomic E-state index is -0.152. The molecule has 0 bridgehead atoms. The molecule has 4 heterocycles. The highest BCUT2D eigenvalue weighted by Crippen LogP contribution is 2.37. The van der Waals surface area contributed by atoms with Crippen molar-refractivity contribution < 1.29 is 18.9 Å². The van der Waals surface area contributed by atoms with Gasteiger partial charge in [-0.15, -0.1) is 5.10 Å². The zero-order valence-corrected chi connectivity index (χ0v) is 23.9. The molecule has 2 aromatic heterocycles. The van der Waals surface area contributed by atoms with E-state index >= 15 is 0 Å². The number of nitrogens with one attached hydrogen (secondary N) is 1. The van der Waals surface area contributed by atoms with Crippen LogP contribution in [0, 0.1) is 0 Å². The van der Waals surface area contributed by atoms with Gasteiger partial charge < -0.3 is 23.9 Å². The molecule has 0 saturated carbocycles. The fourth-order valence-electron chi connectivity index (χ4n) is 5.77. The number of aromatic nitrogens is 5. The summed E-state index contributed by atoms with van der Waals surface area (Å²) in [7, 11) is 0. The summed E-state index contributed by atoms with van der Waals surface area (Å²) in [6.45, 7) is 4.10. The van der Waals surface area contributed by atoms with Gasteiger partial charge in [0.25, 0.3) is 5.56 Å². The zero-order valence-electron chi connectivity index (χ0n) is 23.9. The van der Waals surface area contributed by atoms with Crippen LogP contribution in [-0.2, 0) is 26.1 Å². The Bertz CT molecular complexity index is 1800. The maximum absolute atomic E-state index is 13.4. The second-order valence-electron chi connectivity index (χ2n) is 10.8. The minimum absolute atomic E-state index is 0.145. The second kappa shape index (κ2) is 11.8. The van der Waals surface area contributed by atoms with Crippen LogP contribution < -0.4 is 24.5 Å². The van der Waals surface area contributed by atoms with Crippen molar-refractivity contribution in [3.8, 4) is 23.0 Å². The maximum atomic E-state index is 13.4. The maximum Gasteiger partial charge on any atom is 0.252 e. The average Bonchev–Trinajstić information content (AvgIpc) is 3.79. The predicted octanol–water partition coefficient (Wildman–Crippen LogP) is 4.76. The summed E-state index contributed by atoms with van der Waals surface area (Å²) in [6, 6.07) is 21.8. The van der Waals surface area contributed by atoms with Crippen LogP contribution >= 0.6 is 0 Å². The first kappa shape index (κ1) is 27.0. The van der Waals surface area contributed by atoms with Gasteiger partial charge in [0.2, 0.25) is 13.6 Å². The number of fused-ring (bicyclic) bond motifs is 3. The molecular formula is C32H32N6O5. The van der Waals surface area contributed by atoms with E-state index in [9.17, 15) is 4.79 Å². The molecule has 0 unspecified atom stereocenters. The molecule has 3 aromatic carbocycles. The molecular weight excluding hydrogens is 548 g/mol. The SMILES string of the molecule is CCC[C@@H](c1nnnn1CCc1ccccc1)N(Cc1ccc2c(c1)OCO2)Cc1cc2cc3c(cc2[nH]c1=O)OCO3. The van der Waals surface area contributed by atoms with Crippen LogP contribution in [0.1, 0.15) is 48.3 Å². The number of pyridine rings is 1. The van der Waals surface area contributed by atoms with Crippen molar-refractivity contribution in [3.05, 3.63) is 99.6 Å². The van der Waals surface area contributed by atoms with Crippen LogP contribution in [0.2, 0.25) is 0 Å². The number of hydrogen-bond acceptors (Lipinski definition) is 9. The van der Waals surface area contributed by atoms with Gasteiger partial charge in [0, 0.05) is 36.7 Å². The van der Waals surface area contributed by atoms with Crippen LogP contribution in [0.3, 0.4) is 0 Å². The second-order valence-corrected chi connectivity index (χ2v) is 10.8. The Morgan fingerprint density at radius 2 is 1.65 bits per heavy atom. The van der Waals surface area contributed by atoms with Crippen molar-refractivity contribution in [1.29, 1.82) is 0 Å². The van der Waals surface area contributed by atoms with Crippen LogP contribution in [0.4, 0.5) is 0 Å². The molecule has 0 amide bonds. The van der Waals surface area contributed by atoms with Gasteiger partial charge in [-0.3, -0.25) is 9.69 Å². The molecule has 0 saturated heterocycles. The van der Waals surface area contributed by atoms with Crippen molar-refractivity contribution in [3.63, 3.8) is 0 Å². The molecule has 2 aliphatic heterocycles. The van der Waals surface area contributed by atoms with E-state index in [1.165, 1.54) is 5.56 Å². The molecule has 7 rings (SSSR count). The Hall–Kier alpha value is -4.90.